The molecular weight excluding hydrogens is 348 g/mol. The van der Waals surface area contributed by atoms with E-state index in [2.05, 4.69) is 22.3 Å². The number of carbonyl (C=O) groups is 1. The SMILES string of the molecule is CC[C@H](Oc1cccc2ccccc12)C(=O)Nc1ccc(N2CCCC2)cc1. The van der Waals surface area contributed by atoms with Crippen LogP contribution in [-0.4, -0.2) is 25.1 Å². The van der Waals surface area contributed by atoms with Crippen molar-refractivity contribution in [2.24, 2.45) is 0 Å². The van der Waals surface area contributed by atoms with E-state index in [4.69, 9.17) is 4.74 Å². The van der Waals surface area contributed by atoms with Gasteiger partial charge in [0, 0.05) is 29.9 Å². The summed E-state index contributed by atoms with van der Waals surface area (Å²) in [5, 5.41) is 5.12. The Labute approximate surface area is 166 Å². The highest BCUT2D eigenvalue weighted by atomic mass is 16.5. The van der Waals surface area contributed by atoms with Gasteiger partial charge in [-0.15, -0.1) is 0 Å². The van der Waals surface area contributed by atoms with Crippen LogP contribution in [-0.2, 0) is 4.79 Å². The summed E-state index contributed by atoms with van der Waals surface area (Å²) >= 11 is 0. The Bertz CT molecular complexity index is 941. The summed E-state index contributed by atoms with van der Waals surface area (Å²) in [5.41, 5.74) is 2.02. The van der Waals surface area contributed by atoms with Crippen LogP contribution in [0.2, 0.25) is 0 Å². The van der Waals surface area contributed by atoms with Crippen molar-refractivity contribution < 1.29 is 9.53 Å². The Morgan fingerprint density at radius 1 is 1.00 bits per heavy atom. The molecule has 1 saturated heterocycles. The number of hydrogen-bond acceptors (Lipinski definition) is 3. The molecule has 0 saturated carbocycles. The van der Waals surface area contributed by atoms with Gasteiger partial charge in [-0.3, -0.25) is 4.79 Å². The average Bonchev–Trinajstić information content (AvgIpc) is 3.27. The first-order valence-electron chi connectivity index (χ1n) is 10.0. The predicted octanol–water partition coefficient (Wildman–Crippen LogP) is 5.24. The third kappa shape index (κ3) is 3.96. The molecule has 0 bridgehead atoms. The fourth-order valence-corrected chi connectivity index (χ4v) is 3.73. The van der Waals surface area contributed by atoms with Gasteiger partial charge < -0.3 is 15.0 Å². The predicted molar refractivity (Wildman–Crippen MR) is 115 cm³/mol. The lowest BCUT2D eigenvalue weighted by molar-refractivity contribution is -0.122. The molecule has 1 fully saturated rings. The molecule has 4 rings (SSSR count). The Morgan fingerprint density at radius 2 is 1.71 bits per heavy atom. The molecule has 28 heavy (non-hydrogen) atoms. The van der Waals surface area contributed by atoms with Crippen LogP contribution in [0.4, 0.5) is 11.4 Å². The molecule has 3 aromatic carbocycles. The zero-order chi connectivity index (χ0) is 19.3. The molecule has 0 radical (unpaired) electrons. The first-order valence-corrected chi connectivity index (χ1v) is 10.0. The van der Waals surface area contributed by atoms with E-state index >= 15 is 0 Å². The van der Waals surface area contributed by atoms with Crippen molar-refractivity contribution in [3.8, 4) is 5.75 Å². The number of hydrogen-bond donors (Lipinski definition) is 1. The van der Waals surface area contributed by atoms with E-state index in [9.17, 15) is 4.79 Å². The number of benzene rings is 3. The maximum absolute atomic E-state index is 12.8. The van der Waals surface area contributed by atoms with Crippen molar-refractivity contribution in [1.82, 2.24) is 0 Å². The highest BCUT2D eigenvalue weighted by Gasteiger charge is 2.20. The number of nitrogens with zero attached hydrogens (tertiary/aromatic N) is 1. The first-order chi connectivity index (χ1) is 13.7. The largest absolute Gasteiger partial charge is 0.480 e. The van der Waals surface area contributed by atoms with Gasteiger partial charge in [-0.1, -0.05) is 43.3 Å². The summed E-state index contributed by atoms with van der Waals surface area (Å²) in [4.78, 5) is 15.2. The molecule has 4 heteroatoms. The number of rotatable bonds is 6. The fraction of sp³-hybridized carbons (Fsp3) is 0.292. The highest BCUT2D eigenvalue weighted by Crippen LogP contribution is 2.27. The second-order valence-corrected chi connectivity index (χ2v) is 7.22. The second-order valence-electron chi connectivity index (χ2n) is 7.22. The van der Waals surface area contributed by atoms with Gasteiger partial charge in [0.05, 0.1) is 0 Å². The lowest BCUT2D eigenvalue weighted by atomic mass is 10.1. The maximum Gasteiger partial charge on any atom is 0.265 e. The molecule has 3 aromatic rings. The molecular formula is C24H26N2O2. The van der Waals surface area contributed by atoms with E-state index in [1.54, 1.807) is 0 Å². The Balaban J connectivity index is 1.45. The van der Waals surface area contributed by atoms with Gasteiger partial charge in [0.1, 0.15) is 5.75 Å². The molecule has 1 atom stereocenters. The van der Waals surface area contributed by atoms with Crippen LogP contribution in [0.3, 0.4) is 0 Å². The van der Waals surface area contributed by atoms with Crippen LogP contribution in [0.25, 0.3) is 10.8 Å². The van der Waals surface area contributed by atoms with E-state index < -0.39 is 6.10 Å². The first kappa shape index (κ1) is 18.4. The van der Waals surface area contributed by atoms with Gasteiger partial charge in [-0.25, -0.2) is 0 Å². The normalized spacial score (nSPS) is 14.8. The number of fused-ring (bicyclic) bond motifs is 1. The lowest BCUT2D eigenvalue weighted by Crippen LogP contribution is -2.32. The van der Waals surface area contributed by atoms with Gasteiger partial charge in [0.15, 0.2) is 6.10 Å². The minimum absolute atomic E-state index is 0.121. The summed E-state index contributed by atoms with van der Waals surface area (Å²) in [5.74, 6) is 0.619. The minimum atomic E-state index is -0.538. The minimum Gasteiger partial charge on any atom is -0.480 e. The summed E-state index contributed by atoms with van der Waals surface area (Å²) in [6.45, 7) is 4.19. The molecule has 0 aliphatic carbocycles. The van der Waals surface area contributed by atoms with Gasteiger partial charge >= 0.3 is 0 Å². The molecule has 0 unspecified atom stereocenters. The maximum atomic E-state index is 12.8. The van der Waals surface area contributed by atoms with Crippen molar-refractivity contribution in [2.75, 3.05) is 23.3 Å². The molecule has 4 nitrogen and oxygen atoms in total. The summed E-state index contributed by atoms with van der Waals surface area (Å²) in [6, 6.07) is 22.1. The van der Waals surface area contributed by atoms with Gasteiger partial charge in [0.25, 0.3) is 5.91 Å². The summed E-state index contributed by atoms with van der Waals surface area (Å²) in [7, 11) is 0. The molecule has 1 heterocycles. The third-order valence-corrected chi connectivity index (χ3v) is 5.29. The number of carbonyl (C=O) groups excluding carboxylic acids is 1. The second kappa shape index (κ2) is 8.34. The molecule has 1 N–H and O–H groups in total. The number of anilines is 2. The zero-order valence-corrected chi connectivity index (χ0v) is 16.2. The standard InChI is InChI=1S/C24H26N2O2/c1-2-22(28-23-11-7-9-18-8-3-4-10-21(18)23)24(27)25-19-12-14-20(15-13-19)26-16-5-6-17-26/h3-4,7-15,22H,2,5-6,16-17H2,1H3,(H,25,27)/t22-/m0/s1. The van der Waals surface area contributed by atoms with Crippen molar-refractivity contribution in [1.29, 1.82) is 0 Å². The Hall–Kier alpha value is -3.01. The van der Waals surface area contributed by atoms with Gasteiger partial charge in [0.2, 0.25) is 0 Å². The Morgan fingerprint density at radius 3 is 2.46 bits per heavy atom. The molecule has 1 amide bonds. The van der Waals surface area contributed by atoms with Crippen LogP contribution in [0.1, 0.15) is 26.2 Å². The number of amides is 1. The van der Waals surface area contributed by atoms with Crippen molar-refractivity contribution in [2.45, 2.75) is 32.3 Å². The van der Waals surface area contributed by atoms with E-state index in [-0.39, 0.29) is 5.91 Å². The van der Waals surface area contributed by atoms with Crippen LogP contribution in [0.5, 0.6) is 5.75 Å². The van der Waals surface area contributed by atoms with E-state index in [0.717, 1.165) is 35.3 Å². The summed E-state index contributed by atoms with van der Waals surface area (Å²) in [6.07, 6.45) is 2.56. The number of ether oxygens (including phenoxy) is 1. The topological polar surface area (TPSA) is 41.6 Å². The van der Waals surface area contributed by atoms with Crippen LogP contribution in [0, 0.1) is 0 Å². The van der Waals surface area contributed by atoms with E-state index in [0.29, 0.717) is 6.42 Å². The van der Waals surface area contributed by atoms with Gasteiger partial charge in [-0.05, 0) is 55.0 Å². The summed E-state index contributed by atoms with van der Waals surface area (Å²) < 4.78 is 6.10. The van der Waals surface area contributed by atoms with Crippen molar-refractivity contribution in [3.05, 3.63) is 66.7 Å². The van der Waals surface area contributed by atoms with E-state index in [1.807, 2.05) is 61.5 Å². The third-order valence-electron chi connectivity index (χ3n) is 5.29. The van der Waals surface area contributed by atoms with E-state index in [1.165, 1.54) is 18.5 Å². The molecule has 0 aromatic heterocycles. The lowest BCUT2D eigenvalue weighted by Gasteiger charge is -2.20. The average molecular weight is 374 g/mol. The fourth-order valence-electron chi connectivity index (χ4n) is 3.73. The van der Waals surface area contributed by atoms with Crippen molar-refractivity contribution >= 4 is 28.1 Å². The molecule has 1 aliphatic heterocycles. The quantitative estimate of drug-likeness (QED) is 0.642. The highest BCUT2D eigenvalue weighted by molar-refractivity contribution is 5.95. The van der Waals surface area contributed by atoms with Crippen molar-refractivity contribution in [3.63, 3.8) is 0 Å². The van der Waals surface area contributed by atoms with Crippen LogP contribution >= 0.6 is 0 Å². The monoisotopic (exact) mass is 374 g/mol. The number of nitrogens with one attached hydrogen (secondary N) is 1. The molecule has 1 aliphatic rings. The van der Waals surface area contributed by atoms with Crippen LogP contribution in [0.15, 0.2) is 66.7 Å². The Kier molecular flexibility index (Phi) is 5.47. The zero-order valence-electron chi connectivity index (χ0n) is 16.2. The smallest absolute Gasteiger partial charge is 0.265 e. The molecule has 144 valence electrons. The van der Waals surface area contributed by atoms with Crippen LogP contribution < -0.4 is 15.0 Å². The van der Waals surface area contributed by atoms with Gasteiger partial charge in [-0.2, -0.15) is 0 Å². The molecule has 0 spiro atoms.